The molecule has 1 N–H and O–H groups in total. The molecule has 7 nitrogen and oxygen atoms in total. The standard InChI is InChI=1S/C21H33N3O4S2/c25-20(18-6-4-10-24(16-18)30(26,27)19-7-5-15-29-19)22-17-21(8-2-1-3-9-21)23-11-13-28-14-12-23/h5,7,15,18H,1-4,6,8-14,16-17H2,(H,22,25)/t18-/m0/s1. The third kappa shape index (κ3) is 4.75. The molecule has 168 valence electrons. The second-order valence-corrected chi connectivity index (χ2v) is 11.8. The average Bonchev–Trinajstić information content (AvgIpc) is 3.35. The molecule has 9 heteroatoms. The van der Waals surface area contributed by atoms with E-state index in [1.54, 1.807) is 17.5 Å². The highest BCUT2D eigenvalue weighted by Crippen LogP contribution is 2.34. The van der Waals surface area contributed by atoms with Crippen LogP contribution in [0.25, 0.3) is 0 Å². The molecule has 1 saturated carbocycles. The van der Waals surface area contributed by atoms with E-state index in [0.717, 1.165) is 52.0 Å². The van der Waals surface area contributed by atoms with Gasteiger partial charge in [0.05, 0.1) is 19.1 Å². The highest BCUT2D eigenvalue weighted by molar-refractivity contribution is 7.91. The van der Waals surface area contributed by atoms with Crippen LogP contribution in [0.4, 0.5) is 0 Å². The van der Waals surface area contributed by atoms with Crippen molar-refractivity contribution in [2.75, 3.05) is 45.9 Å². The number of amides is 1. The number of nitrogens with one attached hydrogen (secondary N) is 1. The number of carbonyl (C=O) groups is 1. The maximum Gasteiger partial charge on any atom is 0.252 e. The van der Waals surface area contributed by atoms with E-state index in [2.05, 4.69) is 10.2 Å². The van der Waals surface area contributed by atoms with Crippen molar-refractivity contribution in [1.29, 1.82) is 0 Å². The fraction of sp³-hybridized carbons (Fsp3) is 0.762. The highest BCUT2D eigenvalue weighted by Gasteiger charge is 2.40. The Hall–Kier alpha value is -1.00. The topological polar surface area (TPSA) is 79.0 Å². The molecule has 3 heterocycles. The average molecular weight is 456 g/mol. The number of thiophene rings is 1. The van der Waals surface area contributed by atoms with Crippen molar-refractivity contribution in [1.82, 2.24) is 14.5 Å². The van der Waals surface area contributed by atoms with Gasteiger partial charge in [0.1, 0.15) is 4.21 Å². The summed E-state index contributed by atoms with van der Waals surface area (Å²) in [6, 6.07) is 3.39. The molecule has 0 unspecified atom stereocenters. The predicted molar refractivity (Wildman–Crippen MR) is 117 cm³/mol. The first-order chi connectivity index (χ1) is 14.5. The molecule has 1 aromatic rings. The smallest absolute Gasteiger partial charge is 0.252 e. The van der Waals surface area contributed by atoms with E-state index in [9.17, 15) is 13.2 Å². The maximum atomic E-state index is 13.1. The third-order valence-electron chi connectivity index (χ3n) is 6.90. The zero-order valence-corrected chi connectivity index (χ0v) is 19.2. The Morgan fingerprint density at radius 1 is 1.17 bits per heavy atom. The van der Waals surface area contributed by atoms with Crippen LogP contribution >= 0.6 is 11.3 Å². The minimum atomic E-state index is -3.50. The molecule has 0 bridgehead atoms. The second kappa shape index (κ2) is 9.65. The van der Waals surface area contributed by atoms with Gasteiger partial charge in [-0.3, -0.25) is 9.69 Å². The van der Waals surface area contributed by atoms with Crippen molar-refractivity contribution >= 4 is 27.3 Å². The zero-order chi connectivity index (χ0) is 21.0. The molecular weight excluding hydrogens is 422 g/mol. The second-order valence-electron chi connectivity index (χ2n) is 8.74. The summed E-state index contributed by atoms with van der Waals surface area (Å²) >= 11 is 1.23. The number of ether oxygens (including phenoxy) is 1. The molecule has 1 aromatic heterocycles. The first kappa shape index (κ1) is 22.2. The number of hydrogen-bond donors (Lipinski definition) is 1. The van der Waals surface area contributed by atoms with Gasteiger partial charge < -0.3 is 10.1 Å². The van der Waals surface area contributed by atoms with Gasteiger partial charge in [0, 0.05) is 38.3 Å². The Bertz CT molecular complexity index is 800. The summed E-state index contributed by atoms with van der Waals surface area (Å²) in [6.07, 6.45) is 7.34. The van der Waals surface area contributed by atoms with Crippen molar-refractivity contribution < 1.29 is 17.9 Å². The lowest BCUT2D eigenvalue weighted by Gasteiger charge is -2.48. The van der Waals surface area contributed by atoms with Crippen molar-refractivity contribution in [3.63, 3.8) is 0 Å². The molecule has 30 heavy (non-hydrogen) atoms. The molecule has 1 amide bonds. The van der Waals surface area contributed by atoms with E-state index in [0.29, 0.717) is 17.3 Å². The summed E-state index contributed by atoms with van der Waals surface area (Å²) in [5, 5.41) is 5.00. The van der Waals surface area contributed by atoms with Crippen molar-refractivity contribution in [3.05, 3.63) is 17.5 Å². The number of rotatable bonds is 6. The van der Waals surface area contributed by atoms with Crippen molar-refractivity contribution in [2.45, 2.75) is 54.7 Å². The van der Waals surface area contributed by atoms with Crippen LogP contribution in [0.3, 0.4) is 0 Å². The lowest BCUT2D eigenvalue weighted by Crippen LogP contribution is -2.60. The number of hydrogen-bond acceptors (Lipinski definition) is 6. The molecule has 3 aliphatic rings. The van der Waals surface area contributed by atoms with E-state index >= 15 is 0 Å². The number of carbonyl (C=O) groups excluding carboxylic acids is 1. The highest BCUT2D eigenvalue weighted by atomic mass is 32.2. The van der Waals surface area contributed by atoms with Crippen molar-refractivity contribution in [3.8, 4) is 0 Å². The summed E-state index contributed by atoms with van der Waals surface area (Å²) in [7, 11) is -3.50. The fourth-order valence-electron chi connectivity index (χ4n) is 5.16. The summed E-state index contributed by atoms with van der Waals surface area (Å²) in [4.78, 5) is 15.6. The molecule has 4 rings (SSSR count). The molecule has 0 aromatic carbocycles. The first-order valence-corrected chi connectivity index (χ1v) is 13.5. The van der Waals surface area contributed by atoms with E-state index < -0.39 is 10.0 Å². The molecule has 1 aliphatic carbocycles. The zero-order valence-electron chi connectivity index (χ0n) is 17.6. The van der Waals surface area contributed by atoms with Gasteiger partial charge in [-0.05, 0) is 37.1 Å². The predicted octanol–water partition coefficient (Wildman–Crippen LogP) is 2.30. The first-order valence-electron chi connectivity index (χ1n) is 11.2. The summed E-state index contributed by atoms with van der Waals surface area (Å²) in [6.45, 7) is 4.78. The molecule has 1 atom stereocenters. The molecule has 2 aliphatic heterocycles. The number of sulfonamides is 1. The van der Waals surface area contributed by atoms with Gasteiger partial charge in [-0.15, -0.1) is 11.3 Å². The van der Waals surface area contributed by atoms with Gasteiger partial charge in [0.15, 0.2) is 0 Å². The summed E-state index contributed by atoms with van der Waals surface area (Å²) < 4.78 is 33.1. The van der Waals surface area contributed by atoms with E-state index in [1.165, 1.54) is 34.9 Å². The van der Waals surface area contributed by atoms with E-state index in [4.69, 9.17) is 4.74 Å². The Kier molecular flexibility index (Phi) is 7.14. The number of piperidine rings is 1. The molecular formula is C21H33N3O4S2. The van der Waals surface area contributed by atoms with Crippen LogP contribution in [-0.2, 0) is 19.6 Å². The van der Waals surface area contributed by atoms with Crippen LogP contribution < -0.4 is 5.32 Å². The van der Waals surface area contributed by atoms with Crippen LogP contribution in [0.15, 0.2) is 21.7 Å². The number of nitrogens with zero attached hydrogens (tertiary/aromatic N) is 2. The van der Waals surface area contributed by atoms with Crippen LogP contribution in [-0.4, -0.2) is 75.0 Å². The van der Waals surface area contributed by atoms with E-state index in [1.807, 2.05) is 0 Å². The summed E-state index contributed by atoms with van der Waals surface area (Å²) in [5.74, 6) is -0.280. The SMILES string of the molecule is O=C(NCC1(N2CCOCC2)CCCCC1)[C@H]1CCCN(S(=O)(=O)c2cccs2)C1. The minimum absolute atomic E-state index is 0.000660. The van der Waals surface area contributed by atoms with Gasteiger partial charge in [-0.2, -0.15) is 4.31 Å². The Morgan fingerprint density at radius 2 is 1.93 bits per heavy atom. The quantitative estimate of drug-likeness (QED) is 0.712. The minimum Gasteiger partial charge on any atom is -0.379 e. The van der Waals surface area contributed by atoms with Crippen LogP contribution in [0.1, 0.15) is 44.9 Å². The molecule has 2 saturated heterocycles. The maximum absolute atomic E-state index is 13.1. The normalized spacial score (nSPS) is 26.3. The van der Waals surface area contributed by atoms with Gasteiger partial charge in [-0.1, -0.05) is 25.3 Å². The van der Waals surface area contributed by atoms with Crippen LogP contribution in [0, 0.1) is 5.92 Å². The van der Waals surface area contributed by atoms with Gasteiger partial charge in [0.25, 0.3) is 10.0 Å². The van der Waals surface area contributed by atoms with Gasteiger partial charge in [-0.25, -0.2) is 8.42 Å². The monoisotopic (exact) mass is 455 g/mol. The molecule has 0 radical (unpaired) electrons. The van der Waals surface area contributed by atoms with Crippen LogP contribution in [0.2, 0.25) is 0 Å². The van der Waals surface area contributed by atoms with E-state index in [-0.39, 0.29) is 23.9 Å². The van der Waals surface area contributed by atoms with Gasteiger partial charge in [0.2, 0.25) is 5.91 Å². The Balaban J connectivity index is 1.39. The number of morpholine rings is 1. The Labute approximate surface area is 183 Å². The lowest BCUT2D eigenvalue weighted by molar-refractivity contribution is -0.127. The fourth-order valence-corrected chi connectivity index (χ4v) is 7.83. The Morgan fingerprint density at radius 3 is 2.63 bits per heavy atom. The van der Waals surface area contributed by atoms with Crippen LogP contribution in [0.5, 0.6) is 0 Å². The van der Waals surface area contributed by atoms with Crippen molar-refractivity contribution in [2.24, 2.45) is 5.92 Å². The molecule has 3 fully saturated rings. The largest absolute Gasteiger partial charge is 0.379 e. The third-order valence-corrected chi connectivity index (χ3v) is 10.1. The lowest BCUT2D eigenvalue weighted by atomic mass is 9.79. The van der Waals surface area contributed by atoms with Gasteiger partial charge >= 0.3 is 0 Å². The molecule has 0 spiro atoms. The summed E-state index contributed by atoms with van der Waals surface area (Å²) in [5.41, 5.74) is 0.0229.